The van der Waals surface area contributed by atoms with E-state index < -0.39 is 0 Å². The molecule has 3 aromatic rings. The van der Waals surface area contributed by atoms with Gasteiger partial charge in [0.25, 0.3) is 0 Å². The van der Waals surface area contributed by atoms with Gasteiger partial charge in [-0.1, -0.05) is 0 Å². The summed E-state index contributed by atoms with van der Waals surface area (Å²) in [4.78, 5) is 13.1. The Balaban J connectivity index is 2.42. The van der Waals surface area contributed by atoms with Gasteiger partial charge < -0.3 is 37.6 Å². The van der Waals surface area contributed by atoms with Gasteiger partial charge >= 0.3 is 0 Å². The van der Waals surface area contributed by atoms with Gasteiger partial charge in [-0.05, 0) is 12.1 Å². The van der Waals surface area contributed by atoms with E-state index in [2.05, 4.69) is 0 Å². The number of rotatable bonds is 8. The van der Waals surface area contributed by atoms with Crippen LogP contribution in [0.15, 0.2) is 27.4 Å². The van der Waals surface area contributed by atoms with Gasteiger partial charge in [0.1, 0.15) is 11.1 Å². The smallest absolute Gasteiger partial charge is 0.211 e. The molecule has 2 aromatic carbocycles. The van der Waals surface area contributed by atoms with Gasteiger partial charge in [0.2, 0.25) is 23.0 Å². The second-order valence-corrected chi connectivity index (χ2v) is 6.23. The molecule has 0 N–H and O–H groups in total. The zero-order valence-corrected chi connectivity index (χ0v) is 18.4. The van der Waals surface area contributed by atoms with Crippen molar-refractivity contribution in [1.29, 1.82) is 0 Å². The number of methoxy groups -OCH3 is 7. The van der Waals surface area contributed by atoms with Gasteiger partial charge in [0.05, 0.1) is 49.8 Å². The second kappa shape index (κ2) is 8.95. The number of fused-ring (bicyclic) bond motifs is 1. The van der Waals surface area contributed by atoms with E-state index >= 15 is 0 Å². The van der Waals surface area contributed by atoms with Crippen molar-refractivity contribution < 1.29 is 37.6 Å². The van der Waals surface area contributed by atoms with E-state index in [4.69, 9.17) is 37.6 Å². The van der Waals surface area contributed by atoms with Crippen molar-refractivity contribution in [2.45, 2.75) is 0 Å². The number of benzene rings is 2. The summed E-state index contributed by atoms with van der Waals surface area (Å²) in [5.74, 6) is 2.34. The minimum absolute atomic E-state index is 0.147. The molecule has 0 spiro atoms. The van der Waals surface area contributed by atoms with Crippen LogP contribution in [-0.2, 0) is 0 Å². The Labute approximate surface area is 178 Å². The topological polar surface area (TPSA) is 94.8 Å². The minimum Gasteiger partial charge on any atom is -0.493 e. The molecule has 0 aliphatic carbocycles. The molecule has 0 aliphatic rings. The van der Waals surface area contributed by atoms with E-state index in [1.54, 1.807) is 12.1 Å². The molecule has 9 nitrogen and oxygen atoms in total. The Hall–Kier alpha value is -3.75. The lowest BCUT2D eigenvalue weighted by molar-refractivity contribution is 0.307. The molecule has 166 valence electrons. The second-order valence-electron chi connectivity index (χ2n) is 6.23. The quantitative estimate of drug-likeness (QED) is 0.530. The van der Waals surface area contributed by atoms with Crippen molar-refractivity contribution in [3.63, 3.8) is 0 Å². The van der Waals surface area contributed by atoms with Crippen LogP contribution in [0, 0.1) is 0 Å². The van der Waals surface area contributed by atoms with E-state index in [1.807, 2.05) is 0 Å². The largest absolute Gasteiger partial charge is 0.493 e. The van der Waals surface area contributed by atoms with E-state index in [-0.39, 0.29) is 45.2 Å². The zero-order chi connectivity index (χ0) is 22.7. The third-order valence-electron chi connectivity index (χ3n) is 4.77. The number of ether oxygens (including phenoxy) is 7. The van der Waals surface area contributed by atoms with Crippen molar-refractivity contribution in [2.24, 2.45) is 0 Å². The summed E-state index contributed by atoms with van der Waals surface area (Å²) in [6.07, 6.45) is 0. The maximum atomic E-state index is 13.1. The zero-order valence-electron chi connectivity index (χ0n) is 18.4. The molecule has 0 atom stereocenters. The van der Waals surface area contributed by atoms with Crippen molar-refractivity contribution >= 4 is 11.0 Å². The summed E-state index contributed by atoms with van der Waals surface area (Å²) in [5.41, 5.74) is 0.318. The predicted molar refractivity (Wildman–Crippen MR) is 114 cm³/mol. The minimum atomic E-state index is -0.360. The molecule has 0 aliphatic heterocycles. The highest BCUT2D eigenvalue weighted by molar-refractivity contribution is 5.95. The van der Waals surface area contributed by atoms with E-state index in [1.165, 1.54) is 55.8 Å². The first-order chi connectivity index (χ1) is 15.0. The molecular weight excluding hydrogens is 408 g/mol. The highest BCUT2D eigenvalue weighted by Crippen LogP contribution is 2.50. The molecule has 1 heterocycles. The van der Waals surface area contributed by atoms with Crippen LogP contribution >= 0.6 is 0 Å². The highest BCUT2D eigenvalue weighted by Gasteiger charge is 2.27. The van der Waals surface area contributed by atoms with E-state index in [0.717, 1.165) is 0 Å². The van der Waals surface area contributed by atoms with Crippen molar-refractivity contribution in [2.75, 3.05) is 49.8 Å². The lowest BCUT2D eigenvalue weighted by atomic mass is 10.1. The molecule has 0 radical (unpaired) electrons. The SMILES string of the molecule is COc1cc(-c2cc(=O)c3c(OC)c(OC)c(OC)c(OC)c3o2)cc(OC)c1OC. The van der Waals surface area contributed by atoms with Gasteiger partial charge in [-0.25, -0.2) is 0 Å². The fraction of sp³-hybridized carbons (Fsp3) is 0.318. The van der Waals surface area contributed by atoms with Gasteiger partial charge in [-0.2, -0.15) is 0 Å². The molecule has 0 saturated heterocycles. The molecule has 0 amide bonds. The molecule has 3 rings (SSSR count). The molecule has 0 bridgehead atoms. The molecule has 1 aromatic heterocycles. The Bertz CT molecular complexity index is 1140. The molecule has 31 heavy (non-hydrogen) atoms. The van der Waals surface area contributed by atoms with Crippen LogP contribution in [0.25, 0.3) is 22.3 Å². The fourth-order valence-electron chi connectivity index (χ4n) is 3.41. The van der Waals surface area contributed by atoms with Crippen LogP contribution in [-0.4, -0.2) is 49.8 Å². The fourth-order valence-corrected chi connectivity index (χ4v) is 3.41. The van der Waals surface area contributed by atoms with Crippen LogP contribution in [0.5, 0.6) is 40.2 Å². The Morgan fingerprint density at radius 1 is 0.581 bits per heavy atom. The summed E-state index contributed by atoms with van der Waals surface area (Å²) in [6.45, 7) is 0. The van der Waals surface area contributed by atoms with Crippen molar-refractivity contribution in [3.8, 4) is 51.6 Å². The first-order valence-electron chi connectivity index (χ1n) is 9.13. The lowest BCUT2D eigenvalue weighted by Gasteiger charge is -2.18. The van der Waals surface area contributed by atoms with Gasteiger partial charge in [-0.15, -0.1) is 0 Å². The third kappa shape index (κ3) is 3.52. The molecule has 0 unspecified atom stereocenters. The summed E-state index contributed by atoms with van der Waals surface area (Å²) in [6, 6.07) is 4.70. The monoisotopic (exact) mass is 432 g/mol. The standard InChI is InChI=1S/C22H24O9/c1-24-14-8-11(9-15(25-2)17(14)26-3)13-10-12(23)16-18(27-4)20(28-5)22(30-7)21(29-6)19(16)31-13/h8-10H,1-7H3. The molecular formula is C22H24O9. The Kier molecular flexibility index (Phi) is 6.33. The van der Waals surface area contributed by atoms with Gasteiger partial charge in [0, 0.05) is 11.6 Å². The Morgan fingerprint density at radius 2 is 1.06 bits per heavy atom. The first-order valence-corrected chi connectivity index (χ1v) is 9.13. The van der Waals surface area contributed by atoms with Crippen LogP contribution in [0.2, 0.25) is 0 Å². The summed E-state index contributed by atoms with van der Waals surface area (Å²) < 4.78 is 44.1. The average Bonchev–Trinajstić information content (AvgIpc) is 2.80. The summed E-state index contributed by atoms with van der Waals surface area (Å²) in [5, 5.41) is 0.160. The first kappa shape index (κ1) is 21.9. The maximum absolute atomic E-state index is 13.1. The maximum Gasteiger partial charge on any atom is 0.211 e. The van der Waals surface area contributed by atoms with Crippen molar-refractivity contribution in [1.82, 2.24) is 0 Å². The van der Waals surface area contributed by atoms with Crippen LogP contribution in [0.4, 0.5) is 0 Å². The lowest BCUT2D eigenvalue weighted by Crippen LogP contribution is -2.07. The average molecular weight is 432 g/mol. The number of hydrogen-bond acceptors (Lipinski definition) is 9. The molecule has 9 heteroatoms. The predicted octanol–water partition coefficient (Wildman–Crippen LogP) is 3.52. The number of hydrogen-bond donors (Lipinski definition) is 0. The highest BCUT2D eigenvalue weighted by atomic mass is 16.6. The summed E-state index contributed by atoms with van der Waals surface area (Å²) >= 11 is 0. The van der Waals surface area contributed by atoms with Crippen LogP contribution < -0.4 is 38.6 Å². The summed E-state index contributed by atoms with van der Waals surface area (Å²) in [7, 11) is 10.3. The third-order valence-corrected chi connectivity index (χ3v) is 4.77. The van der Waals surface area contributed by atoms with Crippen molar-refractivity contribution in [3.05, 3.63) is 28.4 Å². The van der Waals surface area contributed by atoms with Gasteiger partial charge in [-0.3, -0.25) is 4.79 Å². The van der Waals surface area contributed by atoms with E-state index in [9.17, 15) is 4.79 Å². The molecule has 0 fully saturated rings. The molecule has 0 saturated carbocycles. The van der Waals surface area contributed by atoms with Crippen LogP contribution in [0.3, 0.4) is 0 Å². The van der Waals surface area contributed by atoms with Gasteiger partial charge in [0.15, 0.2) is 28.3 Å². The van der Waals surface area contributed by atoms with Crippen LogP contribution in [0.1, 0.15) is 0 Å². The normalized spacial score (nSPS) is 10.5. The van der Waals surface area contributed by atoms with E-state index in [0.29, 0.717) is 22.8 Å². The Morgan fingerprint density at radius 3 is 1.52 bits per heavy atom.